The molecule has 0 fully saturated rings. The van der Waals surface area contributed by atoms with E-state index >= 15 is 0 Å². The molecule has 2 rings (SSSR count). The van der Waals surface area contributed by atoms with Gasteiger partial charge in [-0.15, -0.1) is 11.3 Å². The van der Waals surface area contributed by atoms with Crippen LogP contribution in [0.1, 0.15) is 0 Å². The highest BCUT2D eigenvalue weighted by molar-refractivity contribution is 7.17. The van der Waals surface area contributed by atoms with Crippen LogP contribution in [-0.4, -0.2) is 0 Å². The number of fused-ring (bicyclic) bond motifs is 1. The molecule has 0 unspecified atom stereocenters. The highest BCUT2D eigenvalue weighted by Crippen LogP contribution is 2.17. The number of hydrogen-bond acceptors (Lipinski definition) is 2. The quantitative estimate of drug-likeness (QED) is 0.414. The van der Waals surface area contributed by atoms with Crippen molar-refractivity contribution in [2.24, 2.45) is 0 Å². The van der Waals surface area contributed by atoms with Crippen molar-refractivity contribution in [3.63, 3.8) is 0 Å². The average Bonchev–Trinajstić information content (AvgIpc) is 2.33. The molecule has 0 amide bonds. The van der Waals surface area contributed by atoms with E-state index in [-0.39, 0.29) is 0 Å². The SMILES string of the molecule is [O-][n+]1ccc2ccsc2c1. The van der Waals surface area contributed by atoms with Crippen LogP contribution >= 0.6 is 11.3 Å². The molecule has 0 radical (unpaired) electrons. The second-order valence-corrected chi connectivity index (χ2v) is 2.99. The fourth-order valence-electron chi connectivity index (χ4n) is 0.886. The van der Waals surface area contributed by atoms with Crippen LogP contribution in [0.25, 0.3) is 10.1 Å². The summed E-state index contributed by atoms with van der Waals surface area (Å²) in [6, 6.07) is 3.82. The normalized spacial score (nSPS) is 10.4. The third kappa shape index (κ3) is 0.752. The van der Waals surface area contributed by atoms with Crippen LogP contribution in [0.3, 0.4) is 0 Å². The van der Waals surface area contributed by atoms with Crippen LogP contribution < -0.4 is 4.73 Å². The van der Waals surface area contributed by atoms with E-state index in [1.54, 1.807) is 17.5 Å². The van der Waals surface area contributed by atoms with E-state index in [0.717, 1.165) is 14.8 Å². The molecule has 2 heterocycles. The minimum Gasteiger partial charge on any atom is -0.619 e. The van der Waals surface area contributed by atoms with Crippen LogP contribution in [0.15, 0.2) is 29.9 Å². The van der Waals surface area contributed by atoms with Crippen molar-refractivity contribution < 1.29 is 4.73 Å². The van der Waals surface area contributed by atoms with Gasteiger partial charge in [0.2, 0.25) is 0 Å². The first-order valence-electron chi connectivity index (χ1n) is 2.92. The molecular formula is C7H5NOS. The Labute approximate surface area is 61.9 Å². The smallest absolute Gasteiger partial charge is 0.198 e. The number of nitrogens with zero attached hydrogens (tertiary/aromatic N) is 1. The minimum absolute atomic E-state index is 0.818. The van der Waals surface area contributed by atoms with Crippen molar-refractivity contribution in [3.05, 3.63) is 35.1 Å². The van der Waals surface area contributed by atoms with E-state index in [0.29, 0.717) is 0 Å². The van der Waals surface area contributed by atoms with Gasteiger partial charge in [0.25, 0.3) is 0 Å². The third-order valence-corrected chi connectivity index (χ3v) is 2.24. The molecule has 0 aliphatic heterocycles. The Hall–Kier alpha value is -1.09. The van der Waals surface area contributed by atoms with Crippen molar-refractivity contribution in [1.29, 1.82) is 0 Å². The van der Waals surface area contributed by atoms with Gasteiger partial charge in [0.05, 0.1) is 4.70 Å². The zero-order valence-electron chi connectivity index (χ0n) is 5.15. The molecule has 50 valence electrons. The Bertz CT molecular complexity index is 355. The van der Waals surface area contributed by atoms with E-state index < -0.39 is 0 Å². The zero-order valence-corrected chi connectivity index (χ0v) is 5.97. The maximum Gasteiger partial charge on any atom is 0.198 e. The molecule has 0 aromatic carbocycles. The monoisotopic (exact) mass is 151 g/mol. The predicted octanol–water partition coefficient (Wildman–Crippen LogP) is 1.53. The number of hydrogen-bond donors (Lipinski definition) is 0. The first-order chi connectivity index (χ1) is 4.86. The fraction of sp³-hybridized carbons (Fsp3) is 0. The minimum atomic E-state index is 0.818. The highest BCUT2D eigenvalue weighted by atomic mass is 32.1. The van der Waals surface area contributed by atoms with Gasteiger partial charge in [-0.2, -0.15) is 4.73 Å². The van der Waals surface area contributed by atoms with Gasteiger partial charge < -0.3 is 5.21 Å². The van der Waals surface area contributed by atoms with Gasteiger partial charge in [0.1, 0.15) is 0 Å². The second kappa shape index (κ2) is 1.95. The predicted molar refractivity (Wildman–Crippen MR) is 40.8 cm³/mol. The molecule has 0 atom stereocenters. The summed E-state index contributed by atoms with van der Waals surface area (Å²) in [6.45, 7) is 0. The molecule has 0 spiro atoms. The molecule has 0 aliphatic carbocycles. The van der Waals surface area contributed by atoms with Gasteiger partial charge in [-0.1, -0.05) is 0 Å². The van der Waals surface area contributed by atoms with Crippen molar-refractivity contribution in [2.75, 3.05) is 0 Å². The maximum absolute atomic E-state index is 10.7. The van der Waals surface area contributed by atoms with Gasteiger partial charge in [-0.25, -0.2) is 0 Å². The Kier molecular flexibility index (Phi) is 1.11. The molecule has 3 heteroatoms. The summed E-state index contributed by atoms with van der Waals surface area (Å²) in [7, 11) is 0. The summed E-state index contributed by atoms with van der Waals surface area (Å²) in [6.07, 6.45) is 3.09. The van der Waals surface area contributed by atoms with Gasteiger partial charge in [-0.05, 0) is 11.4 Å². The van der Waals surface area contributed by atoms with E-state index in [4.69, 9.17) is 0 Å². The average molecular weight is 151 g/mol. The standard InChI is InChI=1S/C7H5NOS/c9-8-3-1-6-2-4-10-7(6)5-8/h1-5H. The van der Waals surface area contributed by atoms with Crippen LogP contribution in [0, 0.1) is 5.21 Å². The summed E-state index contributed by atoms with van der Waals surface area (Å²) < 4.78 is 1.86. The van der Waals surface area contributed by atoms with Crippen LogP contribution in [0.4, 0.5) is 0 Å². The van der Waals surface area contributed by atoms with Crippen molar-refractivity contribution >= 4 is 21.4 Å². The Morgan fingerprint density at radius 1 is 1.40 bits per heavy atom. The molecule has 2 aromatic heterocycles. The fourth-order valence-corrected chi connectivity index (χ4v) is 1.68. The molecular weight excluding hydrogens is 146 g/mol. The van der Waals surface area contributed by atoms with Crippen LogP contribution in [-0.2, 0) is 0 Å². The maximum atomic E-state index is 10.7. The van der Waals surface area contributed by atoms with Crippen LogP contribution in [0.2, 0.25) is 0 Å². The molecule has 0 aliphatic rings. The first-order valence-corrected chi connectivity index (χ1v) is 3.80. The van der Waals surface area contributed by atoms with E-state index in [1.165, 1.54) is 6.20 Å². The molecule has 0 saturated heterocycles. The summed E-state index contributed by atoms with van der Waals surface area (Å²) >= 11 is 1.58. The number of pyridine rings is 1. The van der Waals surface area contributed by atoms with E-state index in [9.17, 15) is 5.21 Å². The summed E-state index contributed by atoms with van der Waals surface area (Å²) in [5.74, 6) is 0. The molecule has 0 N–H and O–H groups in total. The van der Waals surface area contributed by atoms with Gasteiger partial charge >= 0.3 is 0 Å². The number of thiophene rings is 1. The van der Waals surface area contributed by atoms with Crippen LogP contribution in [0.5, 0.6) is 0 Å². The summed E-state index contributed by atoms with van der Waals surface area (Å²) in [5, 5.41) is 13.8. The molecule has 0 bridgehead atoms. The van der Waals surface area contributed by atoms with E-state index in [2.05, 4.69) is 0 Å². The second-order valence-electron chi connectivity index (χ2n) is 2.04. The van der Waals surface area contributed by atoms with Gasteiger partial charge in [-0.3, -0.25) is 0 Å². The van der Waals surface area contributed by atoms with E-state index in [1.807, 2.05) is 17.5 Å². The molecule has 10 heavy (non-hydrogen) atoms. The Balaban J connectivity index is 2.86. The summed E-state index contributed by atoms with van der Waals surface area (Å²) in [4.78, 5) is 0. The Morgan fingerprint density at radius 3 is 3.20 bits per heavy atom. The third-order valence-electron chi connectivity index (χ3n) is 1.37. The number of aromatic nitrogens is 1. The van der Waals surface area contributed by atoms with Crippen molar-refractivity contribution in [1.82, 2.24) is 0 Å². The lowest BCUT2D eigenvalue weighted by molar-refractivity contribution is -0.603. The largest absolute Gasteiger partial charge is 0.619 e. The van der Waals surface area contributed by atoms with Gasteiger partial charge in [0.15, 0.2) is 12.4 Å². The topological polar surface area (TPSA) is 26.9 Å². The highest BCUT2D eigenvalue weighted by Gasteiger charge is 1.96. The first kappa shape index (κ1) is 5.68. The molecule has 2 aromatic rings. The van der Waals surface area contributed by atoms with Gasteiger partial charge in [0, 0.05) is 11.5 Å². The summed E-state index contributed by atoms with van der Waals surface area (Å²) in [5.41, 5.74) is 0. The zero-order chi connectivity index (χ0) is 6.97. The molecule has 2 nitrogen and oxygen atoms in total. The Morgan fingerprint density at radius 2 is 2.30 bits per heavy atom. The lowest BCUT2D eigenvalue weighted by atomic mass is 10.3. The number of rotatable bonds is 0. The van der Waals surface area contributed by atoms with Crippen molar-refractivity contribution in [3.8, 4) is 0 Å². The lowest BCUT2D eigenvalue weighted by Gasteiger charge is -1.91. The lowest BCUT2D eigenvalue weighted by Crippen LogP contribution is -2.23. The van der Waals surface area contributed by atoms with Crippen molar-refractivity contribution in [2.45, 2.75) is 0 Å². The molecule has 0 saturated carbocycles.